The van der Waals surface area contributed by atoms with E-state index >= 15 is 0 Å². The van der Waals surface area contributed by atoms with E-state index in [2.05, 4.69) is 25.7 Å². The fourth-order valence-corrected chi connectivity index (χ4v) is 4.75. The second-order valence-electron chi connectivity index (χ2n) is 9.03. The third kappa shape index (κ3) is 5.47. The molecule has 11 nitrogen and oxygen atoms in total. The standard InChI is InChI=1S/C26H25Cl2N7O4/c1-14(24(37)31-19(13-36)15-4-3-5-16(27)10-15)35-9-7-20-17(25(35)38)11-21(39-20)23-18(28)12-29-26(33-23)32-22-6-8-30-34(22)2/h3-6,8,10-12,14,19,36H,7,9,13H2,1-2H3,(H,31,37)(H,29,32,33)/t14-,19-/m1/s1. The summed E-state index contributed by atoms with van der Waals surface area (Å²) in [6.45, 7) is 1.60. The van der Waals surface area contributed by atoms with Gasteiger partial charge in [0.25, 0.3) is 5.91 Å². The third-order valence-electron chi connectivity index (χ3n) is 6.52. The monoisotopic (exact) mass is 569 g/mol. The second kappa shape index (κ2) is 11.0. The molecule has 2 amide bonds. The molecule has 0 bridgehead atoms. The van der Waals surface area contributed by atoms with Crippen molar-refractivity contribution < 1.29 is 19.1 Å². The molecular weight excluding hydrogens is 545 g/mol. The van der Waals surface area contributed by atoms with Crippen LogP contribution >= 0.6 is 23.2 Å². The van der Waals surface area contributed by atoms with Crippen molar-refractivity contribution >= 4 is 46.8 Å². The number of aliphatic hydroxyl groups excluding tert-OH is 1. The third-order valence-corrected chi connectivity index (χ3v) is 7.03. The number of hydrogen-bond acceptors (Lipinski definition) is 8. The molecule has 1 aromatic carbocycles. The van der Waals surface area contributed by atoms with Gasteiger partial charge in [-0.05, 0) is 30.7 Å². The van der Waals surface area contributed by atoms with Crippen LogP contribution in [0.3, 0.4) is 0 Å². The molecule has 0 spiro atoms. The lowest BCUT2D eigenvalue weighted by atomic mass is 10.0. The molecule has 13 heteroatoms. The number of rotatable bonds is 8. The molecule has 39 heavy (non-hydrogen) atoms. The number of aromatic nitrogens is 4. The van der Waals surface area contributed by atoms with Gasteiger partial charge >= 0.3 is 0 Å². The Morgan fingerprint density at radius 3 is 2.79 bits per heavy atom. The quantitative estimate of drug-likeness (QED) is 0.291. The van der Waals surface area contributed by atoms with Crippen molar-refractivity contribution in [2.75, 3.05) is 18.5 Å². The van der Waals surface area contributed by atoms with Crippen LogP contribution in [0, 0.1) is 0 Å². The average molecular weight is 570 g/mol. The molecular formula is C26H25Cl2N7O4. The van der Waals surface area contributed by atoms with Crippen molar-refractivity contribution in [1.29, 1.82) is 0 Å². The molecule has 1 aliphatic heterocycles. The Bertz CT molecular complexity index is 1540. The first-order valence-electron chi connectivity index (χ1n) is 12.1. The minimum Gasteiger partial charge on any atom is -0.458 e. The van der Waals surface area contributed by atoms with Crippen molar-refractivity contribution in [2.24, 2.45) is 7.05 Å². The number of anilines is 2. The van der Waals surface area contributed by atoms with E-state index in [1.807, 2.05) is 0 Å². The minimum atomic E-state index is -0.797. The second-order valence-corrected chi connectivity index (χ2v) is 9.87. The van der Waals surface area contributed by atoms with Crippen LogP contribution in [0.1, 0.15) is 34.6 Å². The highest BCUT2D eigenvalue weighted by atomic mass is 35.5. The molecule has 2 atom stereocenters. The van der Waals surface area contributed by atoms with E-state index in [0.29, 0.717) is 45.6 Å². The maximum absolute atomic E-state index is 13.4. The van der Waals surface area contributed by atoms with Crippen molar-refractivity contribution in [2.45, 2.75) is 25.4 Å². The van der Waals surface area contributed by atoms with Crippen molar-refractivity contribution in [3.05, 3.63) is 75.7 Å². The number of fused-ring (bicyclic) bond motifs is 1. The number of nitrogens with zero attached hydrogens (tertiary/aromatic N) is 5. The van der Waals surface area contributed by atoms with Gasteiger partial charge in [0.2, 0.25) is 11.9 Å². The van der Waals surface area contributed by atoms with Gasteiger partial charge in [-0.3, -0.25) is 14.3 Å². The van der Waals surface area contributed by atoms with Gasteiger partial charge < -0.3 is 25.1 Å². The number of benzene rings is 1. The van der Waals surface area contributed by atoms with Gasteiger partial charge in [-0.15, -0.1) is 0 Å². The van der Waals surface area contributed by atoms with Gasteiger partial charge in [-0.2, -0.15) is 5.10 Å². The van der Waals surface area contributed by atoms with Crippen LogP contribution < -0.4 is 10.6 Å². The van der Waals surface area contributed by atoms with Gasteiger partial charge in [0.05, 0.1) is 35.6 Å². The number of amides is 2. The number of halogens is 2. The van der Waals surface area contributed by atoms with Gasteiger partial charge in [0.1, 0.15) is 23.3 Å². The number of furan rings is 1. The summed E-state index contributed by atoms with van der Waals surface area (Å²) < 4.78 is 7.61. The summed E-state index contributed by atoms with van der Waals surface area (Å²) in [6.07, 6.45) is 3.49. The Kier molecular flexibility index (Phi) is 7.56. The Balaban J connectivity index is 1.33. The SMILES string of the molecule is C[C@H](C(=O)N[C@H](CO)c1cccc(Cl)c1)N1CCc2oc(-c3nc(Nc4ccnn4C)ncc3Cl)cc2C1=O. The smallest absolute Gasteiger partial charge is 0.258 e. The summed E-state index contributed by atoms with van der Waals surface area (Å²) >= 11 is 12.4. The molecule has 3 aromatic heterocycles. The highest BCUT2D eigenvalue weighted by Crippen LogP contribution is 2.33. The first-order chi connectivity index (χ1) is 18.7. The van der Waals surface area contributed by atoms with E-state index in [9.17, 15) is 14.7 Å². The maximum Gasteiger partial charge on any atom is 0.258 e. The lowest BCUT2D eigenvalue weighted by Crippen LogP contribution is -2.51. The topological polar surface area (TPSA) is 138 Å². The molecule has 0 aliphatic carbocycles. The van der Waals surface area contributed by atoms with E-state index in [1.54, 1.807) is 61.2 Å². The van der Waals surface area contributed by atoms with Crippen LogP contribution in [0.4, 0.5) is 11.8 Å². The summed E-state index contributed by atoms with van der Waals surface area (Å²) in [6, 6.07) is 8.78. The number of aryl methyl sites for hydroxylation is 1. The van der Waals surface area contributed by atoms with E-state index < -0.39 is 18.0 Å². The van der Waals surface area contributed by atoms with Gasteiger partial charge in [-0.1, -0.05) is 35.3 Å². The van der Waals surface area contributed by atoms with Crippen LogP contribution in [-0.4, -0.2) is 60.8 Å². The summed E-state index contributed by atoms with van der Waals surface area (Å²) in [5.74, 6) is 1.01. The number of carbonyl (C=O) groups is 2. The fourth-order valence-electron chi connectivity index (χ4n) is 4.36. The molecule has 0 unspecified atom stereocenters. The normalized spacial score (nSPS) is 14.6. The predicted molar refractivity (Wildman–Crippen MR) is 145 cm³/mol. The van der Waals surface area contributed by atoms with Crippen LogP contribution in [0.2, 0.25) is 10.0 Å². The fraction of sp³-hybridized carbons (Fsp3) is 0.269. The summed E-state index contributed by atoms with van der Waals surface area (Å²) in [7, 11) is 1.78. The summed E-state index contributed by atoms with van der Waals surface area (Å²) in [4.78, 5) is 36.6. The Hall–Kier alpha value is -3.93. The maximum atomic E-state index is 13.4. The average Bonchev–Trinajstić information content (AvgIpc) is 3.54. The lowest BCUT2D eigenvalue weighted by molar-refractivity contribution is -0.126. The molecule has 0 saturated heterocycles. The van der Waals surface area contributed by atoms with Crippen LogP contribution in [0.15, 0.2) is 53.2 Å². The van der Waals surface area contributed by atoms with E-state index in [-0.39, 0.29) is 30.0 Å². The summed E-state index contributed by atoms with van der Waals surface area (Å²) in [5, 5.41) is 20.6. The van der Waals surface area contributed by atoms with Crippen LogP contribution in [-0.2, 0) is 18.3 Å². The zero-order valence-electron chi connectivity index (χ0n) is 21.1. The number of nitrogens with one attached hydrogen (secondary N) is 2. The predicted octanol–water partition coefficient (Wildman–Crippen LogP) is 3.76. The highest BCUT2D eigenvalue weighted by molar-refractivity contribution is 6.32. The zero-order chi connectivity index (χ0) is 27.7. The molecule has 1 aliphatic rings. The molecule has 3 N–H and O–H groups in total. The Morgan fingerprint density at radius 1 is 1.26 bits per heavy atom. The summed E-state index contributed by atoms with van der Waals surface area (Å²) in [5.41, 5.74) is 1.32. The number of aliphatic hydroxyl groups is 1. The number of hydrogen-bond donors (Lipinski definition) is 3. The largest absolute Gasteiger partial charge is 0.458 e. The van der Waals surface area contributed by atoms with Crippen molar-refractivity contribution in [3.8, 4) is 11.5 Å². The first kappa shape index (κ1) is 26.7. The first-order valence-corrected chi connectivity index (χ1v) is 12.9. The highest BCUT2D eigenvalue weighted by Gasteiger charge is 2.35. The molecule has 0 fully saturated rings. The molecule has 4 aromatic rings. The van der Waals surface area contributed by atoms with Gasteiger partial charge in [0, 0.05) is 31.1 Å². The molecule has 202 valence electrons. The van der Waals surface area contributed by atoms with Crippen LogP contribution in [0.25, 0.3) is 11.5 Å². The van der Waals surface area contributed by atoms with E-state index in [0.717, 1.165) is 0 Å². The van der Waals surface area contributed by atoms with E-state index in [1.165, 1.54) is 11.1 Å². The molecule has 0 radical (unpaired) electrons. The van der Waals surface area contributed by atoms with Gasteiger partial charge in [0.15, 0.2) is 5.76 Å². The minimum absolute atomic E-state index is 0.254. The number of carbonyl (C=O) groups excluding carboxylic acids is 2. The Labute approximate surface area is 233 Å². The van der Waals surface area contributed by atoms with Crippen molar-refractivity contribution in [3.63, 3.8) is 0 Å². The molecule has 5 rings (SSSR count). The zero-order valence-corrected chi connectivity index (χ0v) is 22.6. The lowest BCUT2D eigenvalue weighted by Gasteiger charge is -2.32. The van der Waals surface area contributed by atoms with Crippen molar-refractivity contribution in [1.82, 2.24) is 30.0 Å². The Morgan fingerprint density at radius 2 is 2.08 bits per heavy atom. The molecule has 0 saturated carbocycles. The molecule has 4 heterocycles. The van der Waals surface area contributed by atoms with Gasteiger partial charge in [-0.25, -0.2) is 9.97 Å². The van der Waals surface area contributed by atoms with Crippen LogP contribution in [0.5, 0.6) is 0 Å². The van der Waals surface area contributed by atoms with E-state index in [4.69, 9.17) is 27.6 Å².